The zero-order valence-electron chi connectivity index (χ0n) is 16.1. The molecule has 3 aromatic rings. The van der Waals surface area contributed by atoms with Crippen LogP contribution in [0, 0.1) is 12.7 Å². The third-order valence-electron chi connectivity index (χ3n) is 5.13. The monoisotopic (exact) mass is 383 g/mol. The lowest BCUT2D eigenvalue weighted by Gasteiger charge is -2.16. The quantitative estimate of drug-likeness (QED) is 0.693. The predicted molar refractivity (Wildman–Crippen MR) is 102 cm³/mol. The minimum absolute atomic E-state index is 0.125. The summed E-state index contributed by atoms with van der Waals surface area (Å²) >= 11 is 0. The molecule has 1 saturated heterocycles. The van der Waals surface area contributed by atoms with Crippen LogP contribution in [0.5, 0.6) is 5.88 Å². The van der Waals surface area contributed by atoms with Gasteiger partial charge in [0.2, 0.25) is 11.8 Å². The Hall–Kier alpha value is -3.03. The Morgan fingerprint density at radius 2 is 2.18 bits per heavy atom. The SMILES string of the molecule is CCC(=O)N1CC[C@H](Oc2ncnc3c2nc(-c2ccc(C)c(F)c2)n3C)C1. The van der Waals surface area contributed by atoms with Crippen molar-refractivity contribution in [2.24, 2.45) is 7.05 Å². The number of halogens is 1. The highest BCUT2D eigenvalue weighted by atomic mass is 19.1. The van der Waals surface area contributed by atoms with Gasteiger partial charge in [-0.05, 0) is 18.6 Å². The average Bonchev–Trinajstić information content (AvgIpc) is 3.29. The molecule has 28 heavy (non-hydrogen) atoms. The van der Waals surface area contributed by atoms with Gasteiger partial charge in [-0.2, -0.15) is 4.98 Å². The summed E-state index contributed by atoms with van der Waals surface area (Å²) in [6.07, 6.45) is 2.54. The van der Waals surface area contributed by atoms with Gasteiger partial charge in [0.05, 0.1) is 6.54 Å². The van der Waals surface area contributed by atoms with Gasteiger partial charge in [-0.1, -0.05) is 19.1 Å². The van der Waals surface area contributed by atoms with Gasteiger partial charge in [-0.15, -0.1) is 0 Å². The fraction of sp³-hybridized carbons (Fsp3) is 0.400. The van der Waals surface area contributed by atoms with Crippen LogP contribution in [0.2, 0.25) is 0 Å². The third-order valence-corrected chi connectivity index (χ3v) is 5.13. The molecule has 8 heteroatoms. The van der Waals surface area contributed by atoms with Crippen LogP contribution in [-0.2, 0) is 11.8 Å². The van der Waals surface area contributed by atoms with Crippen LogP contribution >= 0.6 is 0 Å². The van der Waals surface area contributed by atoms with Crippen LogP contribution < -0.4 is 4.74 Å². The molecule has 0 radical (unpaired) electrons. The maximum absolute atomic E-state index is 14.0. The van der Waals surface area contributed by atoms with E-state index in [2.05, 4.69) is 15.0 Å². The Morgan fingerprint density at radius 1 is 1.36 bits per heavy atom. The minimum atomic E-state index is -0.279. The van der Waals surface area contributed by atoms with Gasteiger partial charge < -0.3 is 14.2 Å². The summed E-state index contributed by atoms with van der Waals surface area (Å²) in [5.41, 5.74) is 2.38. The second kappa shape index (κ2) is 7.18. The number of hydrogen-bond acceptors (Lipinski definition) is 5. The number of aryl methyl sites for hydroxylation is 2. The smallest absolute Gasteiger partial charge is 0.245 e. The van der Waals surface area contributed by atoms with E-state index >= 15 is 0 Å². The molecule has 1 amide bonds. The first-order valence-corrected chi connectivity index (χ1v) is 9.36. The zero-order valence-corrected chi connectivity index (χ0v) is 16.1. The van der Waals surface area contributed by atoms with E-state index in [0.29, 0.717) is 53.5 Å². The summed E-state index contributed by atoms with van der Waals surface area (Å²) < 4.78 is 21.9. The molecular weight excluding hydrogens is 361 g/mol. The lowest BCUT2D eigenvalue weighted by molar-refractivity contribution is -0.130. The van der Waals surface area contributed by atoms with Gasteiger partial charge in [-0.3, -0.25) is 4.79 Å². The maximum Gasteiger partial charge on any atom is 0.245 e. The second-order valence-electron chi connectivity index (χ2n) is 7.03. The zero-order chi connectivity index (χ0) is 19.8. The summed E-state index contributed by atoms with van der Waals surface area (Å²) in [6, 6.07) is 5.03. The Morgan fingerprint density at radius 3 is 2.93 bits per heavy atom. The molecule has 1 aliphatic rings. The highest BCUT2D eigenvalue weighted by Crippen LogP contribution is 2.29. The first-order chi connectivity index (χ1) is 13.5. The lowest BCUT2D eigenvalue weighted by Crippen LogP contribution is -2.30. The molecule has 0 saturated carbocycles. The number of fused-ring (bicyclic) bond motifs is 1. The molecule has 1 aromatic carbocycles. The first-order valence-electron chi connectivity index (χ1n) is 9.36. The highest BCUT2D eigenvalue weighted by Gasteiger charge is 2.28. The largest absolute Gasteiger partial charge is 0.471 e. The van der Waals surface area contributed by atoms with Crippen molar-refractivity contribution >= 4 is 17.1 Å². The number of hydrogen-bond donors (Lipinski definition) is 0. The number of likely N-dealkylation sites (tertiary alicyclic amines) is 1. The van der Waals surface area contributed by atoms with Crippen LogP contribution in [0.25, 0.3) is 22.6 Å². The number of aromatic nitrogens is 4. The van der Waals surface area contributed by atoms with E-state index in [-0.39, 0.29) is 17.8 Å². The normalized spacial score (nSPS) is 16.7. The van der Waals surface area contributed by atoms with E-state index in [4.69, 9.17) is 4.74 Å². The molecule has 4 rings (SSSR count). The Kier molecular flexibility index (Phi) is 4.70. The van der Waals surface area contributed by atoms with E-state index in [1.54, 1.807) is 17.6 Å². The molecule has 7 nitrogen and oxygen atoms in total. The number of ether oxygens (including phenoxy) is 1. The number of carbonyl (C=O) groups excluding carboxylic acids is 1. The summed E-state index contributed by atoms with van der Waals surface area (Å²) in [7, 11) is 1.83. The van der Waals surface area contributed by atoms with E-state index in [0.717, 1.165) is 6.42 Å². The predicted octanol–water partition coefficient (Wildman–Crippen LogP) is 2.87. The molecule has 146 valence electrons. The summed E-state index contributed by atoms with van der Waals surface area (Å²) in [5.74, 6) is 0.822. The van der Waals surface area contributed by atoms with E-state index < -0.39 is 0 Å². The van der Waals surface area contributed by atoms with Crippen molar-refractivity contribution in [3.8, 4) is 17.3 Å². The minimum Gasteiger partial charge on any atom is -0.471 e. The van der Waals surface area contributed by atoms with Crippen molar-refractivity contribution in [2.75, 3.05) is 13.1 Å². The Bertz CT molecular complexity index is 1050. The summed E-state index contributed by atoms with van der Waals surface area (Å²) in [5, 5.41) is 0. The molecule has 2 aromatic heterocycles. The molecule has 0 N–H and O–H groups in total. The number of nitrogens with zero attached hydrogens (tertiary/aromatic N) is 5. The molecule has 1 fully saturated rings. The third kappa shape index (κ3) is 3.19. The van der Waals surface area contributed by atoms with Crippen LogP contribution in [0.4, 0.5) is 4.39 Å². The number of amides is 1. The summed E-state index contributed by atoms with van der Waals surface area (Å²) in [4.78, 5) is 26.9. The van der Waals surface area contributed by atoms with E-state index in [1.807, 2.05) is 24.9 Å². The number of rotatable bonds is 4. The molecule has 1 aliphatic heterocycles. The van der Waals surface area contributed by atoms with Crippen LogP contribution in [0.3, 0.4) is 0 Å². The lowest BCUT2D eigenvalue weighted by atomic mass is 10.1. The number of benzene rings is 1. The van der Waals surface area contributed by atoms with Gasteiger partial charge in [0.25, 0.3) is 0 Å². The van der Waals surface area contributed by atoms with Gasteiger partial charge in [0, 0.05) is 32.0 Å². The van der Waals surface area contributed by atoms with Gasteiger partial charge in [0.15, 0.2) is 11.2 Å². The van der Waals surface area contributed by atoms with E-state index in [9.17, 15) is 9.18 Å². The van der Waals surface area contributed by atoms with Crippen molar-refractivity contribution < 1.29 is 13.9 Å². The fourth-order valence-corrected chi connectivity index (χ4v) is 3.49. The summed E-state index contributed by atoms with van der Waals surface area (Å²) in [6.45, 7) is 4.80. The van der Waals surface area contributed by atoms with Crippen molar-refractivity contribution in [2.45, 2.75) is 32.8 Å². The van der Waals surface area contributed by atoms with Crippen LogP contribution in [-0.4, -0.2) is 49.5 Å². The molecule has 1 atom stereocenters. The number of carbonyl (C=O) groups is 1. The van der Waals surface area contributed by atoms with Crippen molar-refractivity contribution in [3.05, 3.63) is 35.9 Å². The van der Waals surface area contributed by atoms with Gasteiger partial charge in [-0.25, -0.2) is 14.4 Å². The standard InChI is InChI=1S/C20H22FN5O2/c1-4-16(27)26-8-7-14(10-26)28-20-17-19(22-11-23-20)25(3)18(24-17)13-6-5-12(2)15(21)9-13/h5-6,9,11,14H,4,7-8,10H2,1-3H3/t14-/m0/s1. The molecule has 0 unspecified atom stereocenters. The molecule has 0 aliphatic carbocycles. The van der Waals surface area contributed by atoms with Crippen molar-refractivity contribution in [1.82, 2.24) is 24.4 Å². The molecule has 3 heterocycles. The molecular formula is C20H22FN5O2. The van der Waals surface area contributed by atoms with E-state index in [1.165, 1.54) is 12.4 Å². The van der Waals surface area contributed by atoms with Gasteiger partial charge in [0.1, 0.15) is 24.1 Å². The second-order valence-corrected chi connectivity index (χ2v) is 7.03. The molecule has 0 spiro atoms. The average molecular weight is 383 g/mol. The highest BCUT2D eigenvalue weighted by molar-refractivity contribution is 5.81. The van der Waals surface area contributed by atoms with Crippen LogP contribution in [0.15, 0.2) is 24.5 Å². The Labute approximate surface area is 162 Å². The van der Waals surface area contributed by atoms with Crippen molar-refractivity contribution in [3.63, 3.8) is 0 Å². The topological polar surface area (TPSA) is 73.1 Å². The van der Waals surface area contributed by atoms with Gasteiger partial charge >= 0.3 is 0 Å². The van der Waals surface area contributed by atoms with Crippen LogP contribution in [0.1, 0.15) is 25.3 Å². The molecule has 0 bridgehead atoms. The first kappa shape index (κ1) is 18.3. The maximum atomic E-state index is 14.0. The Balaban J connectivity index is 1.66. The fourth-order valence-electron chi connectivity index (χ4n) is 3.49. The number of imidazole rings is 1. The van der Waals surface area contributed by atoms with Crippen molar-refractivity contribution in [1.29, 1.82) is 0 Å².